The molecule has 0 saturated carbocycles. The van der Waals surface area contributed by atoms with Crippen LogP contribution in [0.3, 0.4) is 0 Å². The third-order valence-electron chi connectivity index (χ3n) is 3.13. The number of aryl methyl sites for hydroxylation is 1. The Hall–Kier alpha value is -1.70. The normalized spacial score (nSPS) is 12.6. The molecule has 0 fully saturated rings. The van der Waals surface area contributed by atoms with E-state index in [0.29, 0.717) is 0 Å². The molecule has 1 aromatic carbocycles. The number of quaternary nitrogens is 1. The minimum Gasteiger partial charge on any atom is -0.744 e. The van der Waals surface area contributed by atoms with Gasteiger partial charge in [0.1, 0.15) is 10.1 Å². The van der Waals surface area contributed by atoms with Crippen molar-refractivity contribution in [2.45, 2.75) is 31.3 Å². The molecule has 0 spiro atoms. The molecule has 0 radical (unpaired) electrons. The third-order valence-corrected chi connectivity index (χ3v) is 3.98. The number of rotatable bonds is 5. The van der Waals surface area contributed by atoms with E-state index in [4.69, 9.17) is 0 Å². The Bertz CT molecular complexity index is 616. The van der Waals surface area contributed by atoms with Crippen LogP contribution in [0.25, 0.3) is 0 Å². The number of benzene rings is 1. The predicted octanol–water partition coefficient (Wildman–Crippen LogP) is 1.63. The van der Waals surface area contributed by atoms with Crippen LogP contribution in [0.2, 0.25) is 0 Å². The number of nitrogens with one attached hydrogen (secondary N) is 1. The number of hydrogen-bond acceptors (Lipinski definition) is 4. The van der Waals surface area contributed by atoms with E-state index in [1.165, 1.54) is 18.2 Å². The Balaban J connectivity index is 0.000000422. The van der Waals surface area contributed by atoms with Crippen LogP contribution in [0.4, 0.5) is 0 Å². The van der Waals surface area contributed by atoms with Crippen LogP contribution in [0.1, 0.15) is 18.9 Å². The van der Waals surface area contributed by atoms with Crippen LogP contribution in [-0.4, -0.2) is 50.7 Å². The van der Waals surface area contributed by atoms with Gasteiger partial charge in [0.25, 0.3) is 0 Å². The van der Waals surface area contributed by atoms with Gasteiger partial charge < -0.3 is 14.4 Å². The van der Waals surface area contributed by atoms with Crippen LogP contribution in [0.5, 0.6) is 0 Å². The minimum atomic E-state index is -4.27. The SMILES string of the molecule is C=CC(=O)NC(CC)[N+](C)(C)C.Cc1ccc(S(=O)(=O)[O-])cc1. The van der Waals surface area contributed by atoms with E-state index in [-0.39, 0.29) is 17.0 Å². The maximum atomic E-state index is 11.0. The van der Waals surface area contributed by atoms with Crippen LogP contribution in [-0.2, 0) is 14.9 Å². The summed E-state index contributed by atoms with van der Waals surface area (Å²) in [6.45, 7) is 7.28. The fourth-order valence-corrected chi connectivity index (χ4v) is 2.24. The van der Waals surface area contributed by atoms with Gasteiger partial charge in [-0.15, -0.1) is 0 Å². The average molecular weight is 342 g/mol. The monoisotopic (exact) mass is 342 g/mol. The van der Waals surface area contributed by atoms with Crippen molar-refractivity contribution in [3.8, 4) is 0 Å². The van der Waals surface area contributed by atoms with E-state index in [1.807, 2.05) is 6.92 Å². The molecule has 0 heterocycles. The summed E-state index contributed by atoms with van der Waals surface area (Å²) in [6, 6.07) is 5.78. The molecule has 1 aromatic rings. The van der Waals surface area contributed by atoms with Gasteiger partial charge >= 0.3 is 0 Å². The van der Waals surface area contributed by atoms with E-state index in [0.717, 1.165) is 16.5 Å². The van der Waals surface area contributed by atoms with Gasteiger partial charge in [-0.3, -0.25) is 4.79 Å². The zero-order valence-electron chi connectivity index (χ0n) is 14.4. The lowest BCUT2D eigenvalue weighted by molar-refractivity contribution is -0.898. The van der Waals surface area contributed by atoms with Crippen molar-refractivity contribution in [3.05, 3.63) is 42.5 Å². The van der Waals surface area contributed by atoms with Gasteiger partial charge in [-0.25, -0.2) is 8.42 Å². The van der Waals surface area contributed by atoms with Gasteiger partial charge in [-0.05, 0) is 25.1 Å². The van der Waals surface area contributed by atoms with E-state index in [2.05, 4.69) is 40.0 Å². The fraction of sp³-hybridized carbons (Fsp3) is 0.438. The summed E-state index contributed by atoms with van der Waals surface area (Å²) in [6.07, 6.45) is 2.39. The molecule has 1 atom stereocenters. The molecular weight excluding hydrogens is 316 g/mol. The molecule has 130 valence electrons. The second-order valence-electron chi connectivity index (χ2n) is 6.02. The molecule has 1 N–H and O–H groups in total. The topological polar surface area (TPSA) is 86.3 Å². The van der Waals surface area contributed by atoms with E-state index < -0.39 is 10.1 Å². The lowest BCUT2D eigenvalue weighted by Gasteiger charge is -2.33. The third kappa shape index (κ3) is 8.49. The van der Waals surface area contributed by atoms with Gasteiger partial charge in [0.15, 0.2) is 6.17 Å². The highest BCUT2D eigenvalue weighted by Crippen LogP contribution is 2.08. The first kappa shape index (κ1) is 21.3. The highest BCUT2D eigenvalue weighted by Gasteiger charge is 2.22. The van der Waals surface area contributed by atoms with Gasteiger partial charge in [0, 0.05) is 6.42 Å². The summed E-state index contributed by atoms with van der Waals surface area (Å²) in [7, 11) is 1.89. The second kappa shape index (κ2) is 8.81. The average Bonchev–Trinajstić information content (AvgIpc) is 2.43. The highest BCUT2D eigenvalue weighted by atomic mass is 32.2. The van der Waals surface area contributed by atoms with E-state index in [9.17, 15) is 17.8 Å². The molecule has 0 saturated heterocycles. The highest BCUT2D eigenvalue weighted by molar-refractivity contribution is 7.85. The number of hydrogen-bond donors (Lipinski definition) is 1. The lowest BCUT2D eigenvalue weighted by Crippen LogP contribution is -2.54. The van der Waals surface area contributed by atoms with E-state index in [1.54, 1.807) is 12.1 Å². The van der Waals surface area contributed by atoms with Crippen molar-refractivity contribution in [3.63, 3.8) is 0 Å². The number of carbonyl (C=O) groups excluding carboxylic acids is 1. The molecule has 7 heteroatoms. The smallest absolute Gasteiger partial charge is 0.247 e. The van der Waals surface area contributed by atoms with Crippen molar-refractivity contribution >= 4 is 16.0 Å². The minimum absolute atomic E-state index is 0.102. The number of carbonyl (C=O) groups is 1. The maximum absolute atomic E-state index is 11.0. The van der Waals surface area contributed by atoms with Crippen molar-refractivity contribution in [2.75, 3.05) is 21.1 Å². The van der Waals surface area contributed by atoms with E-state index >= 15 is 0 Å². The summed E-state index contributed by atoms with van der Waals surface area (Å²) >= 11 is 0. The molecule has 0 aromatic heterocycles. The Morgan fingerprint density at radius 1 is 1.30 bits per heavy atom. The van der Waals surface area contributed by atoms with Gasteiger partial charge in [0.05, 0.1) is 26.0 Å². The summed E-state index contributed by atoms with van der Waals surface area (Å²) in [4.78, 5) is 10.8. The standard InChI is InChI=1S/C9H18N2O.C7H8O3S/c1-6-8(11(3,4)5)10-9(12)7-2;1-6-2-4-7(5-3-6)11(8,9)10/h7-8H,2,6H2,1,3-5H3;2-5H,1H3,(H,8,9,10). The molecule has 0 aliphatic rings. The van der Waals surface area contributed by atoms with Gasteiger partial charge in [0.2, 0.25) is 5.91 Å². The first-order chi connectivity index (χ1) is 10.4. The van der Waals surface area contributed by atoms with Crippen molar-refractivity contribution in [2.24, 2.45) is 0 Å². The van der Waals surface area contributed by atoms with Crippen molar-refractivity contribution < 1.29 is 22.2 Å². The molecule has 1 unspecified atom stereocenters. The molecule has 1 rings (SSSR count). The molecular formula is C16H26N2O4S. The lowest BCUT2D eigenvalue weighted by atomic mass is 10.2. The maximum Gasteiger partial charge on any atom is 0.247 e. The first-order valence-corrected chi connectivity index (χ1v) is 8.59. The quantitative estimate of drug-likeness (QED) is 0.381. The predicted molar refractivity (Wildman–Crippen MR) is 89.6 cm³/mol. The summed E-state index contributed by atoms with van der Waals surface area (Å²) in [5.41, 5.74) is 0.928. The van der Waals surface area contributed by atoms with Crippen LogP contribution >= 0.6 is 0 Å². The van der Waals surface area contributed by atoms with Crippen LogP contribution in [0.15, 0.2) is 41.8 Å². The summed E-state index contributed by atoms with van der Waals surface area (Å²) < 4.78 is 31.9. The molecule has 23 heavy (non-hydrogen) atoms. The molecule has 6 nitrogen and oxygen atoms in total. The summed E-state index contributed by atoms with van der Waals surface area (Å²) in [5.74, 6) is -0.102. The Labute approximate surface area is 139 Å². The largest absolute Gasteiger partial charge is 0.744 e. The second-order valence-corrected chi connectivity index (χ2v) is 7.40. The zero-order chi connectivity index (χ0) is 18.3. The van der Waals surface area contributed by atoms with Gasteiger partial charge in [-0.1, -0.05) is 31.2 Å². The Morgan fingerprint density at radius 3 is 2.09 bits per heavy atom. The molecule has 0 aliphatic heterocycles. The van der Waals surface area contributed by atoms with Crippen LogP contribution < -0.4 is 5.32 Å². The fourth-order valence-electron chi connectivity index (χ4n) is 1.77. The Kier molecular flexibility index (Phi) is 8.16. The zero-order valence-corrected chi connectivity index (χ0v) is 15.2. The van der Waals surface area contributed by atoms with Gasteiger partial charge in [-0.2, -0.15) is 0 Å². The summed E-state index contributed by atoms with van der Waals surface area (Å²) in [5, 5.41) is 2.87. The number of nitrogens with zero attached hydrogens (tertiary/aromatic N) is 1. The molecule has 0 aliphatic carbocycles. The van der Waals surface area contributed by atoms with Crippen molar-refractivity contribution in [1.82, 2.24) is 5.32 Å². The first-order valence-electron chi connectivity index (χ1n) is 7.18. The Morgan fingerprint density at radius 2 is 1.78 bits per heavy atom. The van der Waals surface area contributed by atoms with Crippen LogP contribution in [0, 0.1) is 6.92 Å². The molecule has 0 bridgehead atoms. The van der Waals surface area contributed by atoms with Crippen molar-refractivity contribution in [1.29, 1.82) is 0 Å². The number of amides is 1. The molecule has 1 amide bonds.